The highest BCUT2D eigenvalue weighted by Crippen LogP contribution is 2.34. The minimum absolute atomic E-state index is 0.108. The number of carboxylic acids is 1. The van der Waals surface area contributed by atoms with Crippen LogP contribution in [-0.4, -0.2) is 16.1 Å². The van der Waals surface area contributed by atoms with Crippen LogP contribution in [0.25, 0.3) is 20.8 Å². The standard InChI is InChI=1S/C14H10N2O2S/c15-12-8(4-3-5-9(12)14(17)18)13-16-10-6-1-2-7-11(10)19-13/h1-7H,15H2,(H,17,18). The number of nitrogen functional groups attached to an aromatic ring is 1. The quantitative estimate of drug-likeness (QED) is 0.701. The number of para-hydroxylation sites is 2. The predicted molar refractivity (Wildman–Crippen MR) is 76.4 cm³/mol. The van der Waals surface area contributed by atoms with Gasteiger partial charge in [-0.1, -0.05) is 18.2 Å². The highest BCUT2D eigenvalue weighted by Gasteiger charge is 2.14. The van der Waals surface area contributed by atoms with Gasteiger partial charge in [0.1, 0.15) is 5.01 Å². The highest BCUT2D eigenvalue weighted by atomic mass is 32.1. The van der Waals surface area contributed by atoms with E-state index in [1.165, 1.54) is 17.4 Å². The maximum atomic E-state index is 11.1. The number of fused-ring (bicyclic) bond motifs is 1. The number of anilines is 1. The van der Waals surface area contributed by atoms with Crippen molar-refractivity contribution in [2.45, 2.75) is 0 Å². The molecule has 2 aromatic carbocycles. The van der Waals surface area contributed by atoms with E-state index in [9.17, 15) is 4.79 Å². The van der Waals surface area contributed by atoms with Crippen LogP contribution < -0.4 is 5.73 Å². The van der Waals surface area contributed by atoms with Crippen molar-refractivity contribution in [3.05, 3.63) is 48.0 Å². The van der Waals surface area contributed by atoms with Crippen molar-refractivity contribution in [1.29, 1.82) is 0 Å². The molecule has 0 radical (unpaired) electrons. The number of thiazole rings is 1. The van der Waals surface area contributed by atoms with Gasteiger partial charge in [0, 0.05) is 5.56 Å². The first-order valence-electron chi connectivity index (χ1n) is 5.64. The summed E-state index contributed by atoms with van der Waals surface area (Å²) < 4.78 is 1.05. The van der Waals surface area contributed by atoms with Crippen molar-refractivity contribution < 1.29 is 9.90 Å². The molecular weight excluding hydrogens is 260 g/mol. The fraction of sp³-hybridized carbons (Fsp3) is 0. The molecule has 0 bridgehead atoms. The van der Waals surface area contributed by atoms with Crippen molar-refractivity contribution in [2.75, 3.05) is 5.73 Å². The number of benzene rings is 2. The van der Waals surface area contributed by atoms with E-state index in [4.69, 9.17) is 10.8 Å². The average Bonchev–Trinajstić information content (AvgIpc) is 2.82. The third kappa shape index (κ3) is 1.94. The van der Waals surface area contributed by atoms with Crippen LogP contribution in [0.4, 0.5) is 5.69 Å². The third-order valence-electron chi connectivity index (χ3n) is 2.86. The Kier molecular flexibility index (Phi) is 2.68. The molecule has 1 aromatic heterocycles. The number of hydrogen-bond donors (Lipinski definition) is 2. The van der Waals surface area contributed by atoms with Crippen LogP contribution in [0.15, 0.2) is 42.5 Å². The molecule has 0 saturated heterocycles. The lowest BCUT2D eigenvalue weighted by atomic mass is 10.1. The molecule has 0 fully saturated rings. The number of aromatic nitrogens is 1. The molecule has 0 aliphatic heterocycles. The molecule has 0 aliphatic rings. The Balaban J connectivity index is 2.21. The molecule has 1 heterocycles. The summed E-state index contributed by atoms with van der Waals surface area (Å²) in [6.45, 7) is 0. The van der Waals surface area contributed by atoms with E-state index in [-0.39, 0.29) is 11.3 Å². The van der Waals surface area contributed by atoms with E-state index in [0.29, 0.717) is 5.56 Å². The maximum Gasteiger partial charge on any atom is 0.337 e. The summed E-state index contributed by atoms with van der Waals surface area (Å²) in [6.07, 6.45) is 0. The molecular formula is C14H10N2O2S. The van der Waals surface area contributed by atoms with Crippen molar-refractivity contribution in [1.82, 2.24) is 4.98 Å². The molecule has 0 amide bonds. The zero-order valence-corrected chi connectivity index (χ0v) is 10.6. The lowest BCUT2D eigenvalue weighted by molar-refractivity contribution is 0.0698. The first kappa shape index (κ1) is 11.7. The fourth-order valence-electron chi connectivity index (χ4n) is 1.93. The van der Waals surface area contributed by atoms with Gasteiger partial charge in [-0.2, -0.15) is 0 Å². The summed E-state index contributed by atoms with van der Waals surface area (Å²) in [5.74, 6) is -1.03. The van der Waals surface area contributed by atoms with Gasteiger partial charge in [0.2, 0.25) is 0 Å². The van der Waals surface area contributed by atoms with Gasteiger partial charge in [-0.15, -0.1) is 11.3 Å². The third-order valence-corrected chi connectivity index (χ3v) is 3.93. The summed E-state index contributed by atoms with van der Waals surface area (Å²) in [7, 11) is 0. The molecule has 3 rings (SSSR count). The number of carbonyl (C=O) groups is 1. The van der Waals surface area contributed by atoms with Crippen LogP contribution in [0.5, 0.6) is 0 Å². The van der Waals surface area contributed by atoms with Crippen molar-refractivity contribution in [3.8, 4) is 10.6 Å². The van der Waals surface area contributed by atoms with Gasteiger partial charge in [-0.3, -0.25) is 0 Å². The Morgan fingerprint density at radius 2 is 1.95 bits per heavy atom. The zero-order valence-electron chi connectivity index (χ0n) is 9.83. The predicted octanol–water partition coefficient (Wildman–Crippen LogP) is 3.24. The minimum atomic E-state index is -1.03. The first-order chi connectivity index (χ1) is 9.16. The lowest BCUT2D eigenvalue weighted by Gasteiger charge is -2.05. The van der Waals surface area contributed by atoms with Crippen LogP contribution in [0.1, 0.15) is 10.4 Å². The number of carboxylic acid groups (broad SMARTS) is 1. The molecule has 3 N–H and O–H groups in total. The smallest absolute Gasteiger partial charge is 0.337 e. The molecule has 19 heavy (non-hydrogen) atoms. The molecule has 0 atom stereocenters. The summed E-state index contributed by atoms with van der Waals surface area (Å²) >= 11 is 1.50. The largest absolute Gasteiger partial charge is 0.478 e. The number of aromatic carboxylic acids is 1. The topological polar surface area (TPSA) is 76.2 Å². The Bertz CT molecular complexity index is 747. The van der Waals surface area contributed by atoms with Crippen LogP contribution in [-0.2, 0) is 0 Å². The number of hydrogen-bond acceptors (Lipinski definition) is 4. The van der Waals surface area contributed by atoms with E-state index >= 15 is 0 Å². The average molecular weight is 270 g/mol. The summed E-state index contributed by atoms with van der Waals surface area (Å²) in [5, 5.41) is 9.82. The van der Waals surface area contributed by atoms with Gasteiger partial charge in [-0.05, 0) is 24.3 Å². The Morgan fingerprint density at radius 3 is 2.68 bits per heavy atom. The fourth-order valence-corrected chi connectivity index (χ4v) is 2.93. The molecule has 0 spiro atoms. The molecule has 0 saturated carbocycles. The van der Waals surface area contributed by atoms with E-state index < -0.39 is 5.97 Å². The van der Waals surface area contributed by atoms with Crippen LogP contribution in [0, 0.1) is 0 Å². The number of nitrogens with zero attached hydrogens (tertiary/aromatic N) is 1. The molecule has 0 unspecified atom stereocenters. The number of rotatable bonds is 2. The van der Waals surface area contributed by atoms with Gasteiger partial charge in [0.15, 0.2) is 0 Å². The van der Waals surface area contributed by atoms with Crippen LogP contribution >= 0.6 is 11.3 Å². The van der Waals surface area contributed by atoms with Gasteiger partial charge in [-0.25, -0.2) is 9.78 Å². The summed E-state index contributed by atoms with van der Waals surface area (Å²) in [5.41, 5.74) is 7.85. The van der Waals surface area contributed by atoms with E-state index in [1.54, 1.807) is 12.1 Å². The monoisotopic (exact) mass is 270 g/mol. The van der Waals surface area contributed by atoms with Gasteiger partial charge >= 0.3 is 5.97 Å². The second kappa shape index (κ2) is 4.37. The maximum absolute atomic E-state index is 11.1. The Morgan fingerprint density at radius 1 is 1.16 bits per heavy atom. The highest BCUT2D eigenvalue weighted by molar-refractivity contribution is 7.21. The van der Waals surface area contributed by atoms with E-state index in [0.717, 1.165) is 15.2 Å². The molecule has 4 nitrogen and oxygen atoms in total. The second-order valence-corrected chi connectivity index (χ2v) is 5.09. The van der Waals surface area contributed by atoms with Crippen LogP contribution in [0.3, 0.4) is 0 Å². The lowest BCUT2D eigenvalue weighted by Crippen LogP contribution is -2.03. The van der Waals surface area contributed by atoms with Gasteiger partial charge in [0.25, 0.3) is 0 Å². The number of nitrogens with two attached hydrogens (primary N) is 1. The van der Waals surface area contributed by atoms with E-state index in [1.807, 2.05) is 24.3 Å². The molecule has 5 heteroatoms. The van der Waals surface area contributed by atoms with Crippen molar-refractivity contribution >= 4 is 33.2 Å². The summed E-state index contributed by atoms with van der Waals surface area (Å²) in [4.78, 5) is 15.6. The second-order valence-electron chi connectivity index (χ2n) is 4.06. The van der Waals surface area contributed by atoms with Crippen molar-refractivity contribution in [2.24, 2.45) is 0 Å². The SMILES string of the molecule is Nc1c(C(=O)O)cccc1-c1nc2ccccc2s1. The molecule has 0 aliphatic carbocycles. The Hall–Kier alpha value is -2.40. The van der Waals surface area contributed by atoms with Crippen LogP contribution in [0.2, 0.25) is 0 Å². The van der Waals surface area contributed by atoms with Gasteiger partial charge < -0.3 is 10.8 Å². The van der Waals surface area contributed by atoms with Gasteiger partial charge in [0.05, 0.1) is 21.5 Å². The van der Waals surface area contributed by atoms with E-state index in [2.05, 4.69) is 4.98 Å². The molecule has 94 valence electrons. The molecule has 3 aromatic rings. The summed E-state index contributed by atoms with van der Waals surface area (Å²) in [6, 6.07) is 12.7. The minimum Gasteiger partial charge on any atom is -0.478 e. The zero-order chi connectivity index (χ0) is 13.4. The van der Waals surface area contributed by atoms with Crippen molar-refractivity contribution in [3.63, 3.8) is 0 Å². The first-order valence-corrected chi connectivity index (χ1v) is 6.46. The normalized spacial score (nSPS) is 10.7. The Labute approximate surface area is 113 Å².